The lowest BCUT2D eigenvalue weighted by Crippen LogP contribution is -2.34. The van der Waals surface area contributed by atoms with Crippen molar-refractivity contribution in [3.05, 3.63) is 48.0 Å². The van der Waals surface area contributed by atoms with Gasteiger partial charge < -0.3 is 20.7 Å². The van der Waals surface area contributed by atoms with Crippen LogP contribution in [0.5, 0.6) is 5.75 Å². The summed E-state index contributed by atoms with van der Waals surface area (Å²) in [5.41, 5.74) is 2.47. The van der Waals surface area contributed by atoms with E-state index >= 15 is 0 Å². The van der Waals surface area contributed by atoms with Gasteiger partial charge in [0.1, 0.15) is 5.75 Å². The number of anilines is 3. The Morgan fingerprint density at radius 3 is 2.77 bits per heavy atom. The Bertz CT molecular complexity index is 925. The zero-order chi connectivity index (χ0) is 18.3. The third-order valence-corrected chi connectivity index (χ3v) is 4.49. The molecule has 0 radical (unpaired) electrons. The second kappa shape index (κ2) is 6.18. The first-order valence-electron chi connectivity index (χ1n) is 8.32. The van der Waals surface area contributed by atoms with Gasteiger partial charge in [-0.25, -0.2) is 0 Å². The standard InChI is InChI=1S/C19H17N3O4/c1-10-18(24)22-15-8-11(6-7-16(15)26-10)20-19(25)13-9-17(23)21-14-5-3-2-4-12(13)14/h2-8,10,13H,9H2,1H3,(H,20,25)(H,21,23)(H,22,24). The first-order chi connectivity index (χ1) is 12.5. The van der Waals surface area contributed by atoms with Gasteiger partial charge in [-0.2, -0.15) is 0 Å². The number of nitrogens with one attached hydrogen (secondary N) is 3. The van der Waals surface area contributed by atoms with Crippen molar-refractivity contribution in [3.8, 4) is 5.75 Å². The largest absolute Gasteiger partial charge is 0.479 e. The van der Waals surface area contributed by atoms with E-state index in [0.717, 1.165) is 5.56 Å². The fourth-order valence-corrected chi connectivity index (χ4v) is 3.16. The van der Waals surface area contributed by atoms with Crippen LogP contribution in [0.4, 0.5) is 17.1 Å². The summed E-state index contributed by atoms with van der Waals surface area (Å²) >= 11 is 0. The predicted octanol–water partition coefficient (Wildman–Crippen LogP) is 2.47. The second-order valence-electron chi connectivity index (χ2n) is 6.34. The molecule has 0 bridgehead atoms. The van der Waals surface area contributed by atoms with Crippen molar-refractivity contribution in [2.45, 2.75) is 25.4 Å². The summed E-state index contributed by atoms with van der Waals surface area (Å²) in [6.07, 6.45) is -0.467. The molecule has 7 nitrogen and oxygen atoms in total. The third-order valence-electron chi connectivity index (χ3n) is 4.49. The van der Waals surface area contributed by atoms with Crippen LogP contribution in [0, 0.1) is 0 Å². The molecule has 0 spiro atoms. The Labute approximate surface area is 149 Å². The molecule has 0 aliphatic carbocycles. The molecule has 2 aromatic rings. The van der Waals surface area contributed by atoms with Crippen molar-refractivity contribution in [2.24, 2.45) is 0 Å². The molecule has 2 aliphatic heterocycles. The van der Waals surface area contributed by atoms with Crippen molar-refractivity contribution < 1.29 is 19.1 Å². The van der Waals surface area contributed by atoms with Crippen molar-refractivity contribution in [1.82, 2.24) is 0 Å². The van der Waals surface area contributed by atoms with Crippen molar-refractivity contribution in [3.63, 3.8) is 0 Å². The summed E-state index contributed by atoms with van der Waals surface area (Å²) in [5.74, 6) is -0.717. The van der Waals surface area contributed by atoms with Gasteiger partial charge in [0.25, 0.3) is 5.91 Å². The smallest absolute Gasteiger partial charge is 0.265 e. The van der Waals surface area contributed by atoms with Crippen LogP contribution < -0.4 is 20.7 Å². The Morgan fingerprint density at radius 1 is 1.12 bits per heavy atom. The number of hydrogen-bond acceptors (Lipinski definition) is 4. The van der Waals surface area contributed by atoms with Crippen LogP contribution >= 0.6 is 0 Å². The quantitative estimate of drug-likeness (QED) is 0.774. The molecule has 0 fully saturated rings. The molecule has 26 heavy (non-hydrogen) atoms. The number of carbonyl (C=O) groups excluding carboxylic acids is 3. The van der Waals surface area contributed by atoms with Gasteiger partial charge in [-0.15, -0.1) is 0 Å². The average Bonchev–Trinajstić information content (AvgIpc) is 2.62. The summed E-state index contributed by atoms with van der Waals surface area (Å²) in [6.45, 7) is 1.67. The normalized spacial score (nSPS) is 20.8. The fourth-order valence-electron chi connectivity index (χ4n) is 3.16. The maximum Gasteiger partial charge on any atom is 0.265 e. The monoisotopic (exact) mass is 351 g/mol. The molecule has 3 amide bonds. The molecule has 2 aromatic carbocycles. The van der Waals surface area contributed by atoms with Crippen LogP contribution in [0.25, 0.3) is 0 Å². The van der Waals surface area contributed by atoms with E-state index in [9.17, 15) is 14.4 Å². The second-order valence-corrected chi connectivity index (χ2v) is 6.34. The third kappa shape index (κ3) is 2.88. The van der Waals surface area contributed by atoms with E-state index in [1.807, 2.05) is 18.2 Å². The van der Waals surface area contributed by atoms with Crippen molar-refractivity contribution >= 4 is 34.8 Å². The highest BCUT2D eigenvalue weighted by molar-refractivity contribution is 6.05. The van der Waals surface area contributed by atoms with Gasteiger partial charge in [-0.05, 0) is 36.8 Å². The summed E-state index contributed by atoms with van der Waals surface area (Å²) in [7, 11) is 0. The number of rotatable bonds is 2. The topological polar surface area (TPSA) is 96.5 Å². The van der Waals surface area contributed by atoms with Crippen LogP contribution in [-0.2, 0) is 14.4 Å². The molecule has 0 saturated heterocycles. The molecule has 2 aliphatic rings. The summed E-state index contributed by atoms with van der Waals surface area (Å²) in [5, 5.41) is 8.35. The van der Waals surface area contributed by atoms with E-state index in [1.165, 1.54) is 0 Å². The number of ether oxygens (including phenoxy) is 1. The van der Waals surface area contributed by atoms with Gasteiger partial charge in [0, 0.05) is 17.8 Å². The van der Waals surface area contributed by atoms with E-state index in [2.05, 4.69) is 16.0 Å². The van der Waals surface area contributed by atoms with Crippen LogP contribution in [0.1, 0.15) is 24.8 Å². The first kappa shape index (κ1) is 16.1. The molecule has 0 aromatic heterocycles. The average molecular weight is 351 g/mol. The number of hydrogen-bond donors (Lipinski definition) is 3. The van der Waals surface area contributed by atoms with Gasteiger partial charge in [-0.1, -0.05) is 18.2 Å². The summed E-state index contributed by atoms with van der Waals surface area (Å²) in [6, 6.07) is 12.3. The van der Waals surface area contributed by atoms with Gasteiger partial charge >= 0.3 is 0 Å². The maximum atomic E-state index is 12.8. The van der Waals surface area contributed by atoms with E-state index in [4.69, 9.17) is 4.74 Å². The Morgan fingerprint density at radius 2 is 1.92 bits per heavy atom. The Kier molecular flexibility index (Phi) is 3.84. The maximum absolute atomic E-state index is 12.8. The molecule has 2 atom stereocenters. The minimum Gasteiger partial charge on any atom is -0.479 e. The highest BCUT2D eigenvalue weighted by Gasteiger charge is 2.31. The zero-order valence-electron chi connectivity index (χ0n) is 14.0. The van der Waals surface area contributed by atoms with Crippen LogP contribution in [-0.4, -0.2) is 23.8 Å². The van der Waals surface area contributed by atoms with Gasteiger partial charge in [0.15, 0.2) is 6.10 Å². The number of amides is 3. The molecular weight excluding hydrogens is 334 g/mol. The first-order valence-corrected chi connectivity index (χ1v) is 8.32. The van der Waals surface area contributed by atoms with Crippen LogP contribution in [0.2, 0.25) is 0 Å². The molecule has 132 valence electrons. The number of benzene rings is 2. The van der Waals surface area contributed by atoms with E-state index in [1.54, 1.807) is 31.2 Å². The van der Waals surface area contributed by atoms with Gasteiger partial charge in [0.2, 0.25) is 11.8 Å². The van der Waals surface area contributed by atoms with Crippen molar-refractivity contribution in [1.29, 1.82) is 0 Å². The van der Waals surface area contributed by atoms with Gasteiger partial charge in [-0.3, -0.25) is 14.4 Å². The lowest BCUT2D eigenvalue weighted by atomic mass is 9.90. The van der Waals surface area contributed by atoms with Crippen molar-refractivity contribution in [2.75, 3.05) is 16.0 Å². The van der Waals surface area contributed by atoms with Gasteiger partial charge in [0.05, 0.1) is 11.6 Å². The SMILES string of the molecule is CC1Oc2ccc(NC(=O)C3CC(=O)Nc4ccccc43)cc2NC1=O. The predicted molar refractivity (Wildman–Crippen MR) is 96.2 cm³/mol. The van der Waals surface area contributed by atoms with E-state index in [-0.39, 0.29) is 24.1 Å². The molecule has 7 heteroatoms. The molecule has 0 saturated carbocycles. The summed E-state index contributed by atoms with van der Waals surface area (Å²) in [4.78, 5) is 36.4. The molecule has 2 unspecified atom stereocenters. The molecule has 4 rings (SSSR count). The fraction of sp³-hybridized carbons (Fsp3) is 0.211. The number of para-hydroxylation sites is 1. The lowest BCUT2D eigenvalue weighted by molar-refractivity contribution is -0.123. The molecule has 3 N–H and O–H groups in total. The minimum atomic E-state index is -0.568. The van der Waals surface area contributed by atoms with Crippen LogP contribution in [0.15, 0.2) is 42.5 Å². The minimum absolute atomic E-state index is 0.0884. The highest BCUT2D eigenvalue weighted by atomic mass is 16.5. The highest BCUT2D eigenvalue weighted by Crippen LogP contribution is 2.35. The Balaban J connectivity index is 1.57. The van der Waals surface area contributed by atoms with E-state index < -0.39 is 12.0 Å². The summed E-state index contributed by atoms with van der Waals surface area (Å²) < 4.78 is 5.50. The number of fused-ring (bicyclic) bond motifs is 2. The molecule has 2 heterocycles. The van der Waals surface area contributed by atoms with E-state index in [0.29, 0.717) is 22.8 Å². The number of carbonyl (C=O) groups is 3. The molecular formula is C19H17N3O4. The van der Waals surface area contributed by atoms with Crippen LogP contribution in [0.3, 0.4) is 0 Å². The lowest BCUT2D eigenvalue weighted by Gasteiger charge is -2.26. The zero-order valence-corrected chi connectivity index (χ0v) is 14.0. The Hall–Kier alpha value is -3.35.